The lowest BCUT2D eigenvalue weighted by molar-refractivity contribution is 0.0350. The van der Waals surface area contributed by atoms with Crippen molar-refractivity contribution in [1.82, 2.24) is 0 Å². The molecular weight excluding hydrogens is 176 g/mol. The van der Waals surface area contributed by atoms with Gasteiger partial charge >= 0.3 is 0 Å². The fourth-order valence-corrected chi connectivity index (χ4v) is 1.63. The third kappa shape index (κ3) is 8.52. The third-order valence-corrected chi connectivity index (χ3v) is 2.62. The zero-order valence-electron chi connectivity index (χ0n) is 9.92. The first-order chi connectivity index (χ1) is 6.48. The van der Waals surface area contributed by atoms with Crippen molar-refractivity contribution in [2.45, 2.75) is 64.9 Å². The van der Waals surface area contributed by atoms with Crippen LogP contribution in [-0.4, -0.2) is 22.4 Å². The Balaban J connectivity index is 3.50. The Bertz CT molecular complexity index is 130. The first-order valence-corrected chi connectivity index (χ1v) is 5.81. The molecule has 0 aliphatic carbocycles. The van der Waals surface area contributed by atoms with Crippen LogP contribution in [0.5, 0.6) is 0 Å². The van der Waals surface area contributed by atoms with Crippen molar-refractivity contribution in [2.24, 2.45) is 5.92 Å². The van der Waals surface area contributed by atoms with Crippen molar-refractivity contribution in [2.75, 3.05) is 6.61 Å². The Morgan fingerprint density at radius 2 is 1.64 bits per heavy atom. The molecule has 0 aliphatic heterocycles. The van der Waals surface area contributed by atoms with Gasteiger partial charge in [0.25, 0.3) is 0 Å². The summed E-state index contributed by atoms with van der Waals surface area (Å²) < 4.78 is 0. The van der Waals surface area contributed by atoms with Crippen LogP contribution in [0.25, 0.3) is 0 Å². The minimum atomic E-state index is -0.524. The molecule has 1 unspecified atom stereocenters. The smallest absolute Gasteiger partial charge is 0.0619 e. The van der Waals surface area contributed by atoms with Gasteiger partial charge in [0.05, 0.1) is 5.60 Å². The van der Waals surface area contributed by atoms with Crippen LogP contribution in [-0.2, 0) is 0 Å². The summed E-state index contributed by atoms with van der Waals surface area (Å²) in [6, 6.07) is 0. The van der Waals surface area contributed by atoms with Crippen LogP contribution in [0.15, 0.2) is 0 Å². The lowest BCUT2D eigenvalue weighted by Crippen LogP contribution is -2.24. The highest BCUT2D eigenvalue weighted by Gasteiger charge is 2.18. The van der Waals surface area contributed by atoms with E-state index in [-0.39, 0.29) is 6.61 Å². The van der Waals surface area contributed by atoms with Crippen LogP contribution < -0.4 is 0 Å². The number of rotatable bonds is 8. The standard InChI is InChI=1S/C12H26O2/c1-11(2)7-6-9-12(3,14)8-4-5-10-13/h11,13-14H,4-10H2,1-3H3. The fraction of sp³-hybridized carbons (Fsp3) is 1.00. The van der Waals surface area contributed by atoms with Crippen LogP contribution in [0.4, 0.5) is 0 Å². The molecule has 0 aromatic carbocycles. The average Bonchev–Trinajstić information content (AvgIpc) is 2.03. The monoisotopic (exact) mass is 202 g/mol. The zero-order valence-corrected chi connectivity index (χ0v) is 9.92. The molecular formula is C12H26O2. The molecule has 14 heavy (non-hydrogen) atoms. The molecule has 0 spiro atoms. The number of hydrogen-bond acceptors (Lipinski definition) is 2. The maximum Gasteiger partial charge on any atom is 0.0619 e. The minimum Gasteiger partial charge on any atom is -0.396 e. The second-order valence-corrected chi connectivity index (χ2v) is 4.96. The van der Waals surface area contributed by atoms with Gasteiger partial charge in [-0.25, -0.2) is 0 Å². The van der Waals surface area contributed by atoms with Crippen LogP contribution in [0.1, 0.15) is 59.3 Å². The summed E-state index contributed by atoms with van der Waals surface area (Å²) in [5.41, 5.74) is -0.524. The van der Waals surface area contributed by atoms with E-state index in [0.29, 0.717) is 0 Å². The van der Waals surface area contributed by atoms with E-state index in [9.17, 15) is 5.11 Å². The molecule has 0 saturated carbocycles. The molecule has 0 rings (SSSR count). The van der Waals surface area contributed by atoms with E-state index in [1.807, 2.05) is 6.92 Å². The first kappa shape index (κ1) is 13.9. The Morgan fingerprint density at radius 3 is 2.14 bits per heavy atom. The molecule has 2 N–H and O–H groups in total. The Kier molecular flexibility index (Phi) is 7.20. The van der Waals surface area contributed by atoms with Gasteiger partial charge in [-0.15, -0.1) is 0 Å². The highest BCUT2D eigenvalue weighted by atomic mass is 16.3. The number of aliphatic hydroxyl groups excluding tert-OH is 1. The van der Waals surface area contributed by atoms with E-state index in [1.165, 1.54) is 6.42 Å². The summed E-state index contributed by atoms with van der Waals surface area (Å²) in [6.45, 7) is 6.56. The van der Waals surface area contributed by atoms with Gasteiger partial charge in [-0.1, -0.05) is 26.7 Å². The summed E-state index contributed by atoms with van der Waals surface area (Å²) in [5.74, 6) is 0.725. The summed E-state index contributed by atoms with van der Waals surface area (Å²) >= 11 is 0. The van der Waals surface area contributed by atoms with E-state index in [2.05, 4.69) is 13.8 Å². The van der Waals surface area contributed by atoms with Crippen molar-refractivity contribution in [3.63, 3.8) is 0 Å². The molecule has 2 heteroatoms. The summed E-state index contributed by atoms with van der Waals surface area (Å²) in [7, 11) is 0. The normalized spacial score (nSPS) is 15.9. The fourth-order valence-electron chi connectivity index (χ4n) is 1.63. The summed E-state index contributed by atoms with van der Waals surface area (Å²) in [5, 5.41) is 18.6. The molecule has 0 heterocycles. The van der Waals surface area contributed by atoms with E-state index < -0.39 is 5.60 Å². The van der Waals surface area contributed by atoms with Crippen molar-refractivity contribution in [3.8, 4) is 0 Å². The Morgan fingerprint density at radius 1 is 1.07 bits per heavy atom. The molecule has 1 atom stereocenters. The highest BCUT2D eigenvalue weighted by Crippen LogP contribution is 2.21. The number of unbranched alkanes of at least 4 members (excludes halogenated alkanes) is 1. The van der Waals surface area contributed by atoms with Gasteiger partial charge in [-0.2, -0.15) is 0 Å². The van der Waals surface area contributed by atoms with E-state index in [4.69, 9.17) is 5.11 Å². The second kappa shape index (κ2) is 7.24. The van der Waals surface area contributed by atoms with Crippen molar-refractivity contribution >= 4 is 0 Å². The van der Waals surface area contributed by atoms with E-state index in [0.717, 1.165) is 38.0 Å². The van der Waals surface area contributed by atoms with Crippen molar-refractivity contribution in [3.05, 3.63) is 0 Å². The maximum atomic E-state index is 9.97. The molecule has 0 aromatic rings. The molecule has 86 valence electrons. The maximum absolute atomic E-state index is 9.97. The molecule has 0 aliphatic rings. The molecule has 0 saturated heterocycles. The molecule has 2 nitrogen and oxygen atoms in total. The minimum absolute atomic E-state index is 0.238. The molecule has 0 aromatic heterocycles. The highest BCUT2D eigenvalue weighted by molar-refractivity contribution is 4.72. The Labute approximate surface area is 88.3 Å². The Hall–Kier alpha value is -0.0800. The van der Waals surface area contributed by atoms with Gasteiger partial charge in [-0.3, -0.25) is 0 Å². The van der Waals surface area contributed by atoms with E-state index in [1.54, 1.807) is 0 Å². The number of hydrogen-bond donors (Lipinski definition) is 2. The average molecular weight is 202 g/mol. The number of aliphatic hydroxyl groups is 2. The second-order valence-electron chi connectivity index (χ2n) is 4.96. The molecule has 0 amide bonds. The molecule has 0 radical (unpaired) electrons. The van der Waals surface area contributed by atoms with Gasteiger partial charge in [-0.05, 0) is 38.5 Å². The first-order valence-electron chi connectivity index (χ1n) is 5.81. The van der Waals surface area contributed by atoms with Crippen LogP contribution in [0.3, 0.4) is 0 Å². The largest absolute Gasteiger partial charge is 0.396 e. The van der Waals surface area contributed by atoms with Crippen LogP contribution in [0, 0.1) is 5.92 Å². The predicted octanol–water partition coefficient (Wildman–Crippen LogP) is 2.73. The third-order valence-electron chi connectivity index (χ3n) is 2.62. The van der Waals surface area contributed by atoms with Gasteiger partial charge < -0.3 is 10.2 Å². The zero-order chi connectivity index (χ0) is 11.0. The topological polar surface area (TPSA) is 40.5 Å². The van der Waals surface area contributed by atoms with Crippen LogP contribution >= 0.6 is 0 Å². The SMILES string of the molecule is CC(C)CCCC(C)(O)CCCCO. The van der Waals surface area contributed by atoms with Gasteiger partial charge in [0.1, 0.15) is 0 Å². The molecule has 0 bridgehead atoms. The quantitative estimate of drug-likeness (QED) is 0.594. The lowest BCUT2D eigenvalue weighted by Gasteiger charge is -2.23. The van der Waals surface area contributed by atoms with E-state index >= 15 is 0 Å². The lowest BCUT2D eigenvalue weighted by atomic mass is 9.91. The predicted molar refractivity (Wildman–Crippen MR) is 60.2 cm³/mol. The summed E-state index contributed by atoms with van der Waals surface area (Å²) in [4.78, 5) is 0. The van der Waals surface area contributed by atoms with Gasteiger partial charge in [0.15, 0.2) is 0 Å². The van der Waals surface area contributed by atoms with Crippen molar-refractivity contribution < 1.29 is 10.2 Å². The molecule has 0 fully saturated rings. The van der Waals surface area contributed by atoms with Gasteiger partial charge in [0, 0.05) is 6.61 Å². The van der Waals surface area contributed by atoms with Crippen molar-refractivity contribution in [1.29, 1.82) is 0 Å². The summed E-state index contributed by atoms with van der Waals surface area (Å²) in [6.07, 6.45) is 5.72. The van der Waals surface area contributed by atoms with Gasteiger partial charge in [0.2, 0.25) is 0 Å². The van der Waals surface area contributed by atoms with Crippen LogP contribution in [0.2, 0.25) is 0 Å².